The van der Waals surface area contributed by atoms with E-state index >= 15 is 0 Å². The van der Waals surface area contributed by atoms with E-state index in [-0.39, 0.29) is 30.1 Å². The molecule has 1 saturated heterocycles. The molecule has 170 valence electrons. The second kappa shape index (κ2) is 14.1. The fourth-order valence-electron chi connectivity index (χ4n) is 3.09. The van der Waals surface area contributed by atoms with Gasteiger partial charge >= 0.3 is 0 Å². The Hall–Kier alpha value is -2.07. The van der Waals surface area contributed by atoms with Crippen LogP contribution in [0.15, 0.2) is 47.6 Å². The Kier molecular flexibility index (Phi) is 11.4. The van der Waals surface area contributed by atoms with Gasteiger partial charge in [-0.05, 0) is 56.5 Å². The van der Waals surface area contributed by atoms with E-state index in [0.717, 1.165) is 56.2 Å². The highest BCUT2D eigenvalue weighted by Gasteiger charge is 2.15. The van der Waals surface area contributed by atoms with Gasteiger partial charge in [-0.15, -0.1) is 24.0 Å². The fourth-order valence-corrected chi connectivity index (χ4v) is 3.09. The average Bonchev–Trinajstić information content (AvgIpc) is 3.30. The van der Waals surface area contributed by atoms with Crippen molar-refractivity contribution in [2.75, 3.05) is 26.3 Å². The summed E-state index contributed by atoms with van der Waals surface area (Å²) in [5, 5.41) is 6.64. The summed E-state index contributed by atoms with van der Waals surface area (Å²) in [6, 6.07) is 11.5. The molecule has 0 saturated carbocycles. The minimum atomic E-state index is 0. The summed E-state index contributed by atoms with van der Waals surface area (Å²) < 4.78 is 17.3. The molecule has 1 aromatic carbocycles. The zero-order chi connectivity index (χ0) is 21.0. The fraction of sp³-hybridized carbons (Fsp3) is 0.478. The average molecular weight is 540 g/mol. The lowest BCUT2D eigenvalue weighted by Crippen LogP contribution is -2.41. The highest BCUT2D eigenvalue weighted by molar-refractivity contribution is 14.0. The van der Waals surface area contributed by atoms with Crippen molar-refractivity contribution in [2.45, 2.75) is 45.8 Å². The van der Waals surface area contributed by atoms with Gasteiger partial charge in [-0.25, -0.2) is 9.98 Å². The second-order valence-electron chi connectivity index (χ2n) is 7.10. The van der Waals surface area contributed by atoms with E-state index in [1.54, 1.807) is 6.20 Å². The van der Waals surface area contributed by atoms with Crippen molar-refractivity contribution in [3.05, 3.63) is 48.2 Å². The maximum Gasteiger partial charge on any atom is 0.224 e. The van der Waals surface area contributed by atoms with Gasteiger partial charge in [0, 0.05) is 31.5 Å². The third-order valence-corrected chi connectivity index (χ3v) is 4.63. The number of hydrogen-bond donors (Lipinski definition) is 2. The van der Waals surface area contributed by atoms with E-state index in [9.17, 15) is 0 Å². The first-order valence-electron chi connectivity index (χ1n) is 10.8. The van der Waals surface area contributed by atoms with Crippen molar-refractivity contribution in [3.63, 3.8) is 0 Å². The van der Waals surface area contributed by atoms with Crippen molar-refractivity contribution < 1.29 is 14.2 Å². The van der Waals surface area contributed by atoms with Crippen molar-refractivity contribution >= 4 is 29.9 Å². The minimum absolute atomic E-state index is 0. The highest BCUT2D eigenvalue weighted by atomic mass is 127. The smallest absolute Gasteiger partial charge is 0.224 e. The number of halogens is 1. The summed E-state index contributed by atoms with van der Waals surface area (Å²) >= 11 is 0. The topological polar surface area (TPSA) is 77.0 Å². The zero-order valence-corrected chi connectivity index (χ0v) is 20.6. The zero-order valence-electron chi connectivity index (χ0n) is 18.3. The first kappa shape index (κ1) is 25.2. The van der Waals surface area contributed by atoms with E-state index in [1.807, 2.05) is 36.4 Å². The number of aliphatic imine (C=N–C) groups is 1. The molecular formula is C23H33IN4O3. The Morgan fingerprint density at radius 3 is 2.68 bits per heavy atom. The SMILES string of the molecule is CCCOc1ccc(Oc2ncccc2CN=C(NCC)NCC2CCCO2)cc1.I. The molecule has 2 aromatic rings. The number of pyridine rings is 1. The summed E-state index contributed by atoms with van der Waals surface area (Å²) in [5.74, 6) is 2.87. The molecule has 0 aliphatic carbocycles. The Bertz CT molecular complexity index is 796. The first-order chi connectivity index (χ1) is 14.8. The molecule has 3 rings (SSSR count). The highest BCUT2D eigenvalue weighted by Crippen LogP contribution is 2.25. The van der Waals surface area contributed by atoms with E-state index in [2.05, 4.69) is 29.5 Å². The number of aromatic nitrogens is 1. The van der Waals surface area contributed by atoms with E-state index in [1.165, 1.54) is 0 Å². The van der Waals surface area contributed by atoms with Crippen LogP contribution < -0.4 is 20.1 Å². The van der Waals surface area contributed by atoms with Crippen LogP contribution in [0.5, 0.6) is 17.4 Å². The summed E-state index contributed by atoms with van der Waals surface area (Å²) in [6.07, 6.45) is 5.18. The Labute approximate surface area is 202 Å². The normalized spacial score (nSPS) is 15.8. The minimum Gasteiger partial charge on any atom is -0.494 e. The van der Waals surface area contributed by atoms with Crippen LogP contribution >= 0.6 is 24.0 Å². The summed E-state index contributed by atoms with van der Waals surface area (Å²) in [4.78, 5) is 9.09. The number of guanidine groups is 1. The van der Waals surface area contributed by atoms with Gasteiger partial charge in [0.2, 0.25) is 5.88 Å². The van der Waals surface area contributed by atoms with Crippen LogP contribution in [0, 0.1) is 0 Å². The lowest BCUT2D eigenvalue weighted by molar-refractivity contribution is 0.114. The largest absolute Gasteiger partial charge is 0.494 e. The lowest BCUT2D eigenvalue weighted by Gasteiger charge is -2.15. The molecule has 2 N–H and O–H groups in total. The van der Waals surface area contributed by atoms with Crippen LogP contribution in [0.25, 0.3) is 0 Å². The number of rotatable bonds is 10. The van der Waals surface area contributed by atoms with Crippen LogP contribution in [-0.2, 0) is 11.3 Å². The molecule has 8 heteroatoms. The number of ether oxygens (including phenoxy) is 3. The quantitative estimate of drug-likeness (QED) is 0.262. The Balaban J connectivity index is 0.00000341. The maximum absolute atomic E-state index is 6.01. The van der Waals surface area contributed by atoms with Gasteiger partial charge in [0.05, 0.1) is 19.3 Å². The van der Waals surface area contributed by atoms with Crippen molar-refractivity contribution in [2.24, 2.45) is 4.99 Å². The van der Waals surface area contributed by atoms with Crippen molar-refractivity contribution in [1.82, 2.24) is 15.6 Å². The molecule has 1 atom stereocenters. The van der Waals surface area contributed by atoms with Gasteiger partial charge < -0.3 is 24.8 Å². The molecule has 2 heterocycles. The van der Waals surface area contributed by atoms with Gasteiger partial charge in [0.1, 0.15) is 11.5 Å². The molecule has 7 nitrogen and oxygen atoms in total. The van der Waals surface area contributed by atoms with E-state index < -0.39 is 0 Å². The van der Waals surface area contributed by atoms with Crippen LogP contribution in [0.1, 0.15) is 38.7 Å². The maximum atomic E-state index is 6.01. The van der Waals surface area contributed by atoms with Gasteiger partial charge in [0.15, 0.2) is 5.96 Å². The van der Waals surface area contributed by atoms with Gasteiger partial charge in [-0.3, -0.25) is 0 Å². The van der Waals surface area contributed by atoms with Crippen LogP contribution in [0.2, 0.25) is 0 Å². The molecule has 0 bridgehead atoms. The first-order valence-corrected chi connectivity index (χ1v) is 10.8. The van der Waals surface area contributed by atoms with E-state index in [0.29, 0.717) is 24.8 Å². The third kappa shape index (κ3) is 8.53. The standard InChI is InChI=1S/C23H32N4O3.HI/c1-3-14-28-19-9-11-20(12-10-19)30-22-18(7-5-13-25-22)16-26-23(24-4-2)27-17-21-8-6-15-29-21;/h5,7,9-13,21H,3-4,6,8,14-17H2,1-2H3,(H2,24,26,27);1H. The van der Waals surface area contributed by atoms with Crippen LogP contribution in [0.4, 0.5) is 0 Å². The van der Waals surface area contributed by atoms with Gasteiger partial charge in [0.25, 0.3) is 0 Å². The number of nitrogens with one attached hydrogen (secondary N) is 2. The van der Waals surface area contributed by atoms with Crippen LogP contribution in [-0.4, -0.2) is 43.4 Å². The number of nitrogens with zero attached hydrogens (tertiary/aromatic N) is 2. The molecule has 1 unspecified atom stereocenters. The van der Waals surface area contributed by atoms with E-state index in [4.69, 9.17) is 19.2 Å². The molecule has 1 aliphatic rings. The number of benzene rings is 1. The van der Waals surface area contributed by atoms with Gasteiger partial charge in [-0.2, -0.15) is 0 Å². The summed E-state index contributed by atoms with van der Waals surface area (Å²) in [7, 11) is 0. The van der Waals surface area contributed by atoms with Crippen molar-refractivity contribution in [3.8, 4) is 17.4 Å². The predicted octanol–water partition coefficient (Wildman–Crippen LogP) is 4.51. The summed E-state index contributed by atoms with van der Waals surface area (Å²) in [5.41, 5.74) is 0.915. The third-order valence-electron chi connectivity index (χ3n) is 4.63. The molecular weight excluding hydrogens is 507 g/mol. The number of hydrogen-bond acceptors (Lipinski definition) is 5. The predicted molar refractivity (Wildman–Crippen MR) is 134 cm³/mol. The monoisotopic (exact) mass is 540 g/mol. The summed E-state index contributed by atoms with van der Waals surface area (Å²) in [6.45, 7) is 7.70. The van der Waals surface area contributed by atoms with Crippen molar-refractivity contribution in [1.29, 1.82) is 0 Å². The molecule has 0 radical (unpaired) electrons. The molecule has 0 amide bonds. The lowest BCUT2D eigenvalue weighted by atomic mass is 10.2. The molecule has 0 spiro atoms. The Morgan fingerprint density at radius 2 is 1.97 bits per heavy atom. The molecule has 1 aliphatic heterocycles. The second-order valence-corrected chi connectivity index (χ2v) is 7.10. The molecule has 31 heavy (non-hydrogen) atoms. The molecule has 1 fully saturated rings. The van der Waals surface area contributed by atoms with Crippen LogP contribution in [0.3, 0.4) is 0 Å². The van der Waals surface area contributed by atoms with Gasteiger partial charge in [-0.1, -0.05) is 13.0 Å². The Morgan fingerprint density at radius 1 is 1.16 bits per heavy atom. The molecule has 1 aromatic heterocycles.